The van der Waals surface area contributed by atoms with Crippen LogP contribution in [0.1, 0.15) is 33.5 Å². The molecule has 0 saturated heterocycles. The fourth-order valence-electron chi connectivity index (χ4n) is 4.13. The van der Waals surface area contributed by atoms with Crippen LogP contribution in [0.2, 0.25) is 0 Å². The van der Waals surface area contributed by atoms with Crippen molar-refractivity contribution in [3.8, 4) is 16.9 Å². The first-order valence-corrected chi connectivity index (χ1v) is 12.0. The highest BCUT2D eigenvalue weighted by Crippen LogP contribution is 2.29. The lowest BCUT2D eigenvalue weighted by molar-refractivity contribution is 0.102. The molecule has 0 aliphatic carbocycles. The minimum Gasteiger partial charge on any atom is -0.321 e. The lowest BCUT2D eigenvalue weighted by Gasteiger charge is -2.08. The zero-order valence-corrected chi connectivity index (χ0v) is 20.6. The van der Waals surface area contributed by atoms with Crippen LogP contribution in [0.25, 0.3) is 16.9 Å². The molecule has 0 saturated carbocycles. The number of aryl methyl sites for hydroxylation is 1. The van der Waals surface area contributed by atoms with Crippen molar-refractivity contribution in [1.82, 2.24) is 19.6 Å². The van der Waals surface area contributed by atoms with Crippen LogP contribution in [0.3, 0.4) is 0 Å². The minimum atomic E-state index is -0.409. The lowest BCUT2D eigenvalue weighted by Crippen LogP contribution is -2.19. The monoisotopic (exact) mass is 490 g/mol. The van der Waals surface area contributed by atoms with E-state index in [1.807, 2.05) is 92.7 Å². The summed E-state index contributed by atoms with van der Waals surface area (Å²) in [7, 11) is 0. The van der Waals surface area contributed by atoms with E-state index >= 15 is 0 Å². The first kappa shape index (κ1) is 23.7. The van der Waals surface area contributed by atoms with E-state index in [2.05, 4.69) is 15.7 Å². The van der Waals surface area contributed by atoms with E-state index in [-0.39, 0.29) is 11.6 Å². The van der Waals surface area contributed by atoms with E-state index in [9.17, 15) is 9.59 Å². The maximum atomic E-state index is 13.8. The number of para-hydroxylation sites is 2. The van der Waals surface area contributed by atoms with Crippen LogP contribution >= 0.6 is 0 Å². The Morgan fingerprint density at radius 1 is 0.784 bits per heavy atom. The van der Waals surface area contributed by atoms with Crippen LogP contribution in [-0.2, 0) is 6.54 Å². The van der Waals surface area contributed by atoms with E-state index in [4.69, 9.17) is 5.10 Å². The zero-order chi connectivity index (χ0) is 25.8. The van der Waals surface area contributed by atoms with Gasteiger partial charge in [0.2, 0.25) is 0 Å². The summed E-state index contributed by atoms with van der Waals surface area (Å²) in [6.07, 6.45) is 1.66. The third-order valence-electron chi connectivity index (χ3n) is 5.97. The average molecular weight is 491 g/mol. The molecule has 2 amide bonds. The molecule has 2 aromatic heterocycles. The van der Waals surface area contributed by atoms with Crippen LogP contribution < -0.4 is 10.6 Å². The van der Waals surface area contributed by atoms with Gasteiger partial charge >= 0.3 is 0 Å². The summed E-state index contributed by atoms with van der Waals surface area (Å²) >= 11 is 0. The maximum absolute atomic E-state index is 13.8. The Morgan fingerprint density at radius 2 is 1.41 bits per heavy atom. The summed E-state index contributed by atoms with van der Waals surface area (Å²) in [5, 5.41) is 15.0. The molecule has 0 atom stereocenters. The third kappa shape index (κ3) is 4.90. The summed E-state index contributed by atoms with van der Waals surface area (Å²) in [5.74, 6) is -0.781. The van der Waals surface area contributed by atoms with Crippen LogP contribution in [0.5, 0.6) is 0 Å². The predicted molar refractivity (Wildman–Crippen MR) is 144 cm³/mol. The number of benzene rings is 3. The molecule has 3 aromatic carbocycles. The van der Waals surface area contributed by atoms with Gasteiger partial charge in [-0.3, -0.25) is 14.3 Å². The van der Waals surface area contributed by atoms with Crippen LogP contribution in [-0.4, -0.2) is 31.4 Å². The van der Waals surface area contributed by atoms with Gasteiger partial charge in [0.25, 0.3) is 11.8 Å². The molecule has 8 nitrogen and oxygen atoms in total. The number of aromatic nitrogens is 4. The Morgan fingerprint density at radius 3 is 2.05 bits per heavy atom. The Labute approximate surface area is 214 Å². The zero-order valence-electron chi connectivity index (χ0n) is 20.6. The molecular formula is C29H26N6O2. The number of hydrogen-bond acceptors (Lipinski definition) is 4. The topological polar surface area (TPSA) is 93.8 Å². The molecule has 2 heterocycles. The van der Waals surface area contributed by atoms with E-state index < -0.39 is 5.91 Å². The number of carbonyl (C=O) groups is 2. The minimum absolute atomic E-state index is 0.133. The van der Waals surface area contributed by atoms with Gasteiger partial charge in [-0.05, 0) is 38.1 Å². The molecular weight excluding hydrogens is 464 g/mol. The number of nitrogens with one attached hydrogen (secondary N) is 2. The molecule has 5 rings (SSSR count). The van der Waals surface area contributed by atoms with Crippen molar-refractivity contribution < 1.29 is 9.59 Å². The lowest BCUT2D eigenvalue weighted by atomic mass is 10.1. The number of amides is 2. The van der Waals surface area contributed by atoms with Crippen molar-refractivity contribution in [2.75, 3.05) is 10.6 Å². The highest BCUT2D eigenvalue weighted by atomic mass is 16.2. The van der Waals surface area contributed by atoms with Crippen LogP contribution in [0, 0.1) is 6.92 Å². The number of rotatable bonds is 7. The molecule has 0 unspecified atom stereocenters. The van der Waals surface area contributed by atoms with E-state index in [1.54, 1.807) is 27.7 Å². The van der Waals surface area contributed by atoms with Gasteiger partial charge in [0.05, 0.1) is 22.6 Å². The first-order chi connectivity index (χ1) is 18.0. The molecule has 5 aromatic rings. The smallest absolute Gasteiger partial charge is 0.278 e. The summed E-state index contributed by atoms with van der Waals surface area (Å²) in [6, 6.07) is 28.4. The largest absolute Gasteiger partial charge is 0.321 e. The summed E-state index contributed by atoms with van der Waals surface area (Å²) in [4.78, 5) is 26.8. The quantitative estimate of drug-likeness (QED) is 0.312. The molecule has 0 aliphatic heterocycles. The Kier molecular flexibility index (Phi) is 6.63. The van der Waals surface area contributed by atoms with Crippen molar-refractivity contribution in [2.24, 2.45) is 0 Å². The van der Waals surface area contributed by atoms with Crippen molar-refractivity contribution in [3.63, 3.8) is 0 Å². The number of anilines is 2. The van der Waals surface area contributed by atoms with Gasteiger partial charge in [0.15, 0.2) is 5.69 Å². The van der Waals surface area contributed by atoms with Gasteiger partial charge in [-0.2, -0.15) is 10.2 Å². The highest BCUT2D eigenvalue weighted by Gasteiger charge is 2.26. The van der Waals surface area contributed by atoms with Gasteiger partial charge in [-0.15, -0.1) is 0 Å². The Hall–Kier alpha value is -4.98. The summed E-state index contributed by atoms with van der Waals surface area (Å²) in [6.45, 7) is 4.32. The molecule has 0 fully saturated rings. The van der Waals surface area contributed by atoms with Gasteiger partial charge < -0.3 is 10.6 Å². The number of nitrogens with zero attached hydrogens (tertiary/aromatic N) is 4. The second-order valence-electron chi connectivity index (χ2n) is 8.44. The highest BCUT2D eigenvalue weighted by molar-refractivity contribution is 6.13. The van der Waals surface area contributed by atoms with E-state index in [0.29, 0.717) is 34.9 Å². The third-order valence-corrected chi connectivity index (χ3v) is 5.97. The standard InChI is InChI=1S/C29H26N6O2/c1-3-34-19-24(27(32-34)29(37)30-22-15-9-5-10-16-22)31-28(36)25-20(2)35(23-17-11-6-12-18-23)33-26(25)21-13-7-4-8-14-21/h4-19H,3H2,1-2H3,(H,30,37)(H,31,36). The van der Waals surface area contributed by atoms with Crippen molar-refractivity contribution in [3.05, 3.63) is 114 Å². The molecule has 8 heteroatoms. The van der Waals surface area contributed by atoms with Crippen molar-refractivity contribution >= 4 is 23.2 Å². The first-order valence-electron chi connectivity index (χ1n) is 12.0. The molecule has 0 spiro atoms. The summed E-state index contributed by atoms with van der Waals surface area (Å²) in [5.41, 5.74) is 4.42. The van der Waals surface area contributed by atoms with Crippen molar-refractivity contribution in [1.29, 1.82) is 0 Å². The molecule has 2 N–H and O–H groups in total. The van der Waals surface area contributed by atoms with Crippen LogP contribution in [0.15, 0.2) is 97.2 Å². The molecule has 0 bridgehead atoms. The van der Waals surface area contributed by atoms with Gasteiger partial charge in [-0.25, -0.2) is 4.68 Å². The Bertz CT molecular complexity index is 1540. The normalized spacial score (nSPS) is 10.8. The maximum Gasteiger partial charge on any atom is 0.278 e. The second-order valence-corrected chi connectivity index (χ2v) is 8.44. The number of hydrogen-bond donors (Lipinski definition) is 2. The second kappa shape index (κ2) is 10.3. The van der Waals surface area contributed by atoms with Gasteiger partial charge in [0, 0.05) is 24.0 Å². The molecule has 184 valence electrons. The Balaban J connectivity index is 1.53. The predicted octanol–water partition coefficient (Wildman–Crippen LogP) is 5.57. The average Bonchev–Trinajstić information content (AvgIpc) is 3.51. The van der Waals surface area contributed by atoms with Gasteiger partial charge in [0.1, 0.15) is 5.69 Å². The van der Waals surface area contributed by atoms with E-state index in [1.165, 1.54) is 0 Å². The fraction of sp³-hybridized carbons (Fsp3) is 0.103. The van der Waals surface area contributed by atoms with Gasteiger partial charge in [-0.1, -0.05) is 66.7 Å². The molecule has 37 heavy (non-hydrogen) atoms. The van der Waals surface area contributed by atoms with Crippen molar-refractivity contribution in [2.45, 2.75) is 20.4 Å². The molecule has 0 radical (unpaired) electrons. The van der Waals surface area contributed by atoms with Crippen LogP contribution in [0.4, 0.5) is 11.4 Å². The summed E-state index contributed by atoms with van der Waals surface area (Å²) < 4.78 is 3.38. The van der Waals surface area contributed by atoms with E-state index in [0.717, 1.165) is 11.3 Å². The molecule has 0 aliphatic rings. The number of carbonyl (C=O) groups excluding carboxylic acids is 2. The fourth-order valence-corrected chi connectivity index (χ4v) is 4.13. The SMILES string of the molecule is CCn1cc(NC(=O)c2c(-c3ccccc3)nn(-c3ccccc3)c2C)c(C(=O)Nc2ccccc2)n1.